The van der Waals surface area contributed by atoms with E-state index in [0.29, 0.717) is 13.0 Å². The molecule has 1 aliphatic rings. The fourth-order valence-electron chi connectivity index (χ4n) is 3.81. The Hall–Kier alpha value is -2.60. The van der Waals surface area contributed by atoms with Crippen LogP contribution in [0.15, 0.2) is 42.9 Å². The zero-order chi connectivity index (χ0) is 18.1. The molecular weight excluding hydrogens is 328 g/mol. The average molecular weight is 352 g/mol. The Balaban J connectivity index is 1.49. The van der Waals surface area contributed by atoms with Crippen molar-refractivity contribution in [3.8, 4) is 0 Å². The van der Waals surface area contributed by atoms with E-state index in [1.165, 1.54) is 5.52 Å². The Morgan fingerprint density at radius 1 is 1.35 bits per heavy atom. The number of rotatable bonds is 5. The van der Waals surface area contributed by atoms with Gasteiger partial charge in [-0.15, -0.1) is 0 Å². The predicted molar refractivity (Wildman–Crippen MR) is 99.8 cm³/mol. The summed E-state index contributed by atoms with van der Waals surface area (Å²) in [5.41, 5.74) is 3.25. The highest BCUT2D eigenvalue weighted by Crippen LogP contribution is 2.29. The Morgan fingerprint density at radius 3 is 2.96 bits per heavy atom. The van der Waals surface area contributed by atoms with Crippen LogP contribution in [0.5, 0.6) is 0 Å². The monoisotopic (exact) mass is 352 g/mol. The minimum Gasteiger partial charge on any atom is -0.371 e. The number of carbonyl (C=O) groups excluding carboxylic acids is 1. The molecule has 0 spiro atoms. The Morgan fingerprint density at radius 2 is 2.19 bits per heavy atom. The largest absolute Gasteiger partial charge is 0.371 e. The summed E-state index contributed by atoms with van der Waals surface area (Å²) in [5, 5.41) is 8.53. The van der Waals surface area contributed by atoms with Crippen LogP contribution in [-0.2, 0) is 29.5 Å². The van der Waals surface area contributed by atoms with Crippen LogP contribution >= 0.6 is 0 Å². The fourth-order valence-corrected chi connectivity index (χ4v) is 3.81. The maximum absolute atomic E-state index is 12.7. The molecule has 1 aromatic carbocycles. The van der Waals surface area contributed by atoms with Gasteiger partial charge >= 0.3 is 0 Å². The number of ether oxygens (including phenoxy) is 1. The first-order valence-electron chi connectivity index (χ1n) is 9.12. The summed E-state index contributed by atoms with van der Waals surface area (Å²) in [6.07, 6.45) is 6.93. The van der Waals surface area contributed by atoms with Gasteiger partial charge in [-0.1, -0.05) is 18.2 Å². The van der Waals surface area contributed by atoms with Gasteiger partial charge in [0, 0.05) is 49.1 Å². The molecule has 2 aromatic heterocycles. The van der Waals surface area contributed by atoms with E-state index in [2.05, 4.69) is 40.2 Å². The van der Waals surface area contributed by atoms with Gasteiger partial charge in [-0.25, -0.2) is 0 Å². The SMILES string of the molecule is CCn1cc(CC(=O)N[C@H]2CCO[C@@H]2c2cnn(C)c2)c2ccccc21. The summed E-state index contributed by atoms with van der Waals surface area (Å²) in [6, 6.07) is 8.23. The summed E-state index contributed by atoms with van der Waals surface area (Å²) in [5.74, 6) is 0.0356. The van der Waals surface area contributed by atoms with Crippen molar-refractivity contribution in [2.24, 2.45) is 7.05 Å². The number of aromatic nitrogens is 3. The second-order valence-corrected chi connectivity index (χ2v) is 6.84. The van der Waals surface area contributed by atoms with Crippen LogP contribution in [-0.4, -0.2) is 32.9 Å². The lowest BCUT2D eigenvalue weighted by molar-refractivity contribution is -0.121. The molecule has 4 rings (SSSR count). The van der Waals surface area contributed by atoms with Crippen LogP contribution in [0.4, 0.5) is 0 Å². The molecule has 0 bridgehead atoms. The number of fused-ring (bicyclic) bond motifs is 1. The smallest absolute Gasteiger partial charge is 0.224 e. The van der Waals surface area contributed by atoms with E-state index in [4.69, 9.17) is 4.74 Å². The highest BCUT2D eigenvalue weighted by atomic mass is 16.5. The van der Waals surface area contributed by atoms with Gasteiger partial charge in [0.05, 0.1) is 18.7 Å². The molecule has 6 heteroatoms. The summed E-state index contributed by atoms with van der Waals surface area (Å²) in [4.78, 5) is 12.7. The molecule has 0 radical (unpaired) electrons. The number of hydrogen-bond acceptors (Lipinski definition) is 3. The topological polar surface area (TPSA) is 61.1 Å². The van der Waals surface area contributed by atoms with Crippen LogP contribution < -0.4 is 5.32 Å². The van der Waals surface area contributed by atoms with Crippen molar-refractivity contribution < 1.29 is 9.53 Å². The molecule has 0 unspecified atom stereocenters. The molecule has 0 aliphatic carbocycles. The number of carbonyl (C=O) groups is 1. The first-order valence-corrected chi connectivity index (χ1v) is 9.12. The number of nitrogens with one attached hydrogen (secondary N) is 1. The highest BCUT2D eigenvalue weighted by Gasteiger charge is 2.31. The van der Waals surface area contributed by atoms with Crippen LogP contribution in [0.2, 0.25) is 0 Å². The van der Waals surface area contributed by atoms with Crippen molar-refractivity contribution in [3.05, 3.63) is 54.0 Å². The number of hydrogen-bond donors (Lipinski definition) is 1. The van der Waals surface area contributed by atoms with Gasteiger partial charge in [-0.05, 0) is 25.0 Å². The molecule has 1 N–H and O–H groups in total. The second kappa shape index (κ2) is 6.96. The molecule has 1 fully saturated rings. The standard InChI is InChI=1S/C20H24N4O2/c1-3-24-13-14(16-6-4-5-7-18(16)24)10-19(25)22-17-8-9-26-20(17)15-11-21-23(2)12-15/h4-7,11-13,17,20H,3,8-10H2,1-2H3,(H,22,25)/t17-,20+/m0/s1. The van der Waals surface area contributed by atoms with E-state index in [9.17, 15) is 4.79 Å². The first kappa shape index (κ1) is 16.8. The lowest BCUT2D eigenvalue weighted by Gasteiger charge is -2.18. The minimum absolute atomic E-state index is 0.00812. The molecular formula is C20H24N4O2. The Kier molecular flexibility index (Phi) is 4.51. The van der Waals surface area contributed by atoms with Crippen molar-refractivity contribution in [2.45, 2.75) is 38.5 Å². The lowest BCUT2D eigenvalue weighted by atomic mass is 10.0. The molecule has 26 heavy (non-hydrogen) atoms. The number of amides is 1. The molecule has 0 saturated carbocycles. The van der Waals surface area contributed by atoms with Crippen LogP contribution in [0.25, 0.3) is 10.9 Å². The maximum Gasteiger partial charge on any atom is 0.224 e. The molecule has 1 aliphatic heterocycles. The van der Waals surface area contributed by atoms with Gasteiger partial charge in [0.15, 0.2) is 0 Å². The number of para-hydroxylation sites is 1. The van der Waals surface area contributed by atoms with E-state index >= 15 is 0 Å². The molecule has 2 atom stereocenters. The van der Waals surface area contributed by atoms with Crippen molar-refractivity contribution in [3.63, 3.8) is 0 Å². The van der Waals surface area contributed by atoms with Crippen LogP contribution in [0, 0.1) is 0 Å². The summed E-state index contributed by atoms with van der Waals surface area (Å²) in [6.45, 7) is 3.66. The third kappa shape index (κ3) is 3.12. The number of benzene rings is 1. The number of nitrogens with zero attached hydrogens (tertiary/aromatic N) is 3. The zero-order valence-corrected chi connectivity index (χ0v) is 15.2. The third-order valence-corrected chi connectivity index (χ3v) is 5.05. The van der Waals surface area contributed by atoms with Gasteiger partial charge in [-0.2, -0.15) is 5.10 Å². The van der Waals surface area contributed by atoms with E-state index in [0.717, 1.165) is 29.5 Å². The van der Waals surface area contributed by atoms with Crippen LogP contribution in [0.3, 0.4) is 0 Å². The van der Waals surface area contributed by atoms with Crippen LogP contribution in [0.1, 0.15) is 30.6 Å². The molecule has 6 nitrogen and oxygen atoms in total. The van der Waals surface area contributed by atoms with Crippen molar-refractivity contribution >= 4 is 16.8 Å². The third-order valence-electron chi connectivity index (χ3n) is 5.05. The van der Waals surface area contributed by atoms with Gasteiger partial charge < -0.3 is 14.6 Å². The quantitative estimate of drug-likeness (QED) is 0.768. The molecule has 3 aromatic rings. The first-order chi connectivity index (χ1) is 12.7. The Labute approximate surface area is 152 Å². The highest BCUT2D eigenvalue weighted by molar-refractivity contribution is 5.89. The van der Waals surface area contributed by atoms with E-state index in [1.807, 2.05) is 31.6 Å². The summed E-state index contributed by atoms with van der Waals surface area (Å²) in [7, 11) is 1.88. The summed E-state index contributed by atoms with van der Waals surface area (Å²) < 4.78 is 9.78. The maximum atomic E-state index is 12.7. The van der Waals surface area contributed by atoms with Gasteiger partial charge in [-0.3, -0.25) is 9.48 Å². The lowest BCUT2D eigenvalue weighted by Crippen LogP contribution is -2.37. The van der Waals surface area contributed by atoms with E-state index < -0.39 is 0 Å². The number of aryl methyl sites for hydroxylation is 2. The predicted octanol–water partition coefficient (Wildman–Crippen LogP) is 2.58. The van der Waals surface area contributed by atoms with Gasteiger partial charge in [0.1, 0.15) is 6.10 Å². The van der Waals surface area contributed by atoms with E-state index in [-0.39, 0.29) is 18.1 Å². The van der Waals surface area contributed by atoms with Gasteiger partial charge in [0.2, 0.25) is 5.91 Å². The van der Waals surface area contributed by atoms with Crippen molar-refractivity contribution in [1.29, 1.82) is 0 Å². The molecule has 3 heterocycles. The van der Waals surface area contributed by atoms with Crippen molar-refractivity contribution in [2.75, 3.05) is 6.61 Å². The minimum atomic E-state index is -0.121. The fraction of sp³-hybridized carbons (Fsp3) is 0.400. The normalized spacial score (nSPS) is 19.9. The summed E-state index contributed by atoms with van der Waals surface area (Å²) >= 11 is 0. The van der Waals surface area contributed by atoms with Crippen molar-refractivity contribution in [1.82, 2.24) is 19.7 Å². The molecule has 1 saturated heterocycles. The van der Waals surface area contributed by atoms with Gasteiger partial charge in [0.25, 0.3) is 0 Å². The molecule has 1 amide bonds. The second-order valence-electron chi connectivity index (χ2n) is 6.84. The molecule has 136 valence electrons. The van der Waals surface area contributed by atoms with E-state index in [1.54, 1.807) is 4.68 Å². The zero-order valence-electron chi connectivity index (χ0n) is 15.2. The average Bonchev–Trinajstić information content (AvgIpc) is 3.34. The Bertz CT molecular complexity index is 927.